The highest BCUT2D eigenvalue weighted by Gasteiger charge is 2.33. The SMILES string of the molecule is CCCCC(C(=O)O)N(NS(=O)(=O)c1ccc(-c2ccc(Br)cc2)cc1)C(=O)CC1=CCCC1. The minimum Gasteiger partial charge on any atom is -0.480 e. The number of hydrazine groups is 1. The summed E-state index contributed by atoms with van der Waals surface area (Å²) < 4.78 is 27.3. The largest absolute Gasteiger partial charge is 0.480 e. The van der Waals surface area contributed by atoms with Crippen molar-refractivity contribution in [3.8, 4) is 11.1 Å². The summed E-state index contributed by atoms with van der Waals surface area (Å²) in [6.07, 6.45) is 5.97. The first-order valence-electron chi connectivity index (χ1n) is 11.3. The summed E-state index contributed by atoms with van der Waals surface area (Å²) in [6.45, 7) is 1.91. The lowest BCUT2D eigenvalue weighted by molar-refractivity contribution is -0.151. The van der Waals surface area contributed by atoms with Crippen LogP contribution in [-0.4, -0.2) is 36.5 Å². The topological polar surface area (TPSA) is 104 Å². The van der Waals surface area contributed by atoms with E-state index in [9.17, 15) is 23.1 Å². The van der Waals surface area contributed by atoms with Gasteiger partial charge in [0.1, 0.15) is 6.04 Å². The molecule has 0 radical (unpaired) electrons. The summed E-state index contributed by atoms with van der Waals surface area (Å²) in [7, 11) is -4.18. The van der Waals surface area contributed by atoms with Gasteiger partial charge in [-0.05, 0) is 61.1 Å². The lowest BCUT2D eigenvalue weighted by Gasteiger charge is -2.29. The Labute approximate surface area is 209 Å². The third kappa shape index (κ3) is 6.77. The lowest BCUT2D eigenvalue weighted by Crippen LogP contribution is -2.54. The number of amides is 1. The molecule has 1 aliphatic rings. The van der Waals surface area contributed by atoms with Crippen molar-refractivity contribution >= 4 is 37.8 Å². The second kappa shape index (κ2) is 11.8. The zero-order chi connectivity index (χ0) is 24.7. The van der Waals surface area contributed by atoms with Gasteiger partial charge in [-0.3, -0.25) is 4.79 Å². The molecule has 182 valence electrons. The molecule has 0 spiro atoms. The van der Waals surface area contributed by atoms with Crippen LogP contribution in [0.3, 0.4) is 0 Å². The van der Waals surface area contributed by atoms with Crippen molar-refractivity contribution in [1.82, 2.24) is 9.84 Å². The van der Waals surface area contributed by atoms with E-state index in [-0.39, 0.29) is 17.7 Å². The van der Waals surface area contributed by atoms with Crippen molar-refractivity contribution in [2.45, 2.75) is 62.8 Å². The van der Waals surface area contributed by atoms with E-state index in [2.05, 4.69) is 20.8 Å². The second-order valence-electron chi connectivity index (χ2n) is 8.32. The van der Waals surface area contributed by atoms with Gasteiger partial charge in [0.15, 0.2) is 0 Å². The number of benzene rings is 2. The van der Waals surface area contributed by atoms with Crippen molar-refractivity contribution in [3.63, 3.8) is 0 Å². The molecule has 0 saturated heterocycles. The number of carbonyl (C=O) groups excluding carboxylic acids is 1. The van der Waals surface area contributed by atoms with Gasteiger partial charge < -0.3 is 5.11 Å². The number of carboxylic acid groups (broad SMARTS) is 1. The highest BCUT2D eigenvalue weighted by molar-refractivity contribution is 9.10. The Hall–Kier alpha value is -2.49. The second-order valence-corrected chi connectivity index (χ2v) is 10.9. The molecule has 0 saturated carbocycles. The minimum atomic E-state index is -4.18. The van der Waals surface area contributed by atoms with Crippen LogP contribution in [0.4, 0.5) is 0 Å². The maximum absolute atomic E-state index is 13.2. The van der Waals surface area contributed by atoms with Crippen LogP contribution in [0.1, 0.15) is 51.9 Å². The molecule has 0 bridgehead atoms. The minimum absolute atomic E-state index is 0.000922. The fourth-order valence-electron chi connectivity index (χ4n) is 3.88. The van der Waals surface area contributed by atoms with E-state index < -0.39 is 27.9 Å². The summed E-state index contributed by atoms with van der Waals surface area (Å²) in [5.41, 5.74) is 2.67. The average molecular weight is 549 g/mol. The number of nitrogens with one attached hydrogen (secondary N) is 1. The molecule has 0 aliphatic heterocycles. The first-order valence-corrected chi connectivity index (χ1v) is 13.6. The van der Waals surface area contributed by atoms with Gasteiger partial charge in [0.25, 0.3) is 10.0 Å². The van der Waals surface area contributed by atoms with Crippen molar-refractivity contribution < 1.29 is 23.1 Å². The predicted octanol–water partition coefficient (Wildman–Crippen LogP) is 5.28. The molecule has 9 heteroatoms. The number of nitrogens with zero attached hydrogens (tertiary/aromatic N) is 1. The third-order valence-electron chi connectivity index (χ3n) is 5.77. The van der Waals surface area contributed by atoms with Gasteiger partial charge in [0, 0.05) is 10.9 Å². The van der Waals surface area contributed by atoms with Crippen LogP contribution in [0.5, 0.6) is 0 Å². The van der Waals surface area contributed by atoms with Crippen LogP contribution in [0.15, 0.2) is 69.5 Å². The molecule has 1 atom stereocenters. The van der Waals surface area contributed by atoms with E-state index in [4.69, 9.17) is 0 Å². The first kappa shape index (κ1) is 26.1. The Balaban J connectivity index is 1.85. The van der Waals surface area contributed by atoms with Crippen LogP contribution in [0, 0.1) is 0 Å². The first-order chi connectivity index (χ1) is 16.2. The fraction of sp³-hybridized carbons (Fsp3) is 0.360. The smallest absolute Gasteiger partial charge is 0.328 e. The molecule has 2 aromatic rings. The maximum atomic E-state index is 13.2. The molecule has 2 N–H and O–H groups in total. The predicted molar refractivity (Wildman–Crippen MR) is 134 cm³/mol. The zero-order valence-corrected chi connectivity index (χ0v) is 21.4. The Morgan fingerprint density at radius 1 is 1.09 bits per heavy atom. The Morgan fingerprint density at radius 3 is 2.24 bits per heavy atom. The fourth-order valence-corrected chi connectivity index (χ4v) is 5.23. The quantitative estimate of drug-likeness (QED) is 0.293. The van der Waals surface area contributed by atoms with Crippen molar-refractivity contribution in [1.29, 1.82) is 0 Å². The lowest BCUT2D eigenvalue weighted by atomic mass is 10.1. The number of carboxylic acids is 1. The number of sulfonamides is 1. The molecule has 0 fully saturated rings. The molecule has 0 heterocycles. The summed E-state index contributed by atoms with van der Waals surface area (Å²) >= 11 is 3.39. The van der Waals surface area contributed by atoms with E-state index >= 15 is 0 Å². The number of allylic oxidation sites excluding steroid dienone is 1. The van der Waals surface area contributed by atoms with Gasteiger partial charge >= 0.3 is 5.97 Å². The number of unbranched alkanes of at least 4 members (excludes halogenated alkanes) is 1. The van der Waals surface area contributed by atoms with Gasteiger partial charge in [-0.25, -0.2) is 18.2 Å². The van der Waals surface area contributed by atoms with E-state index in [1.807, 2.05) is 37.3 Å². The number of rotatable bonds is 11. The third-order valence-corrected chi connectivity index (χ3v) is 7.63. The summed E-state index contributed by atoms with van der Waals surface area (Å²) in [6, 6.07) is 12.6. The van der Waals surface area contributed by atoms with Crippen molar-refractivity contribution in [2.75, 3.05) is 0 Å². The van der Waals surface area contributed by atoms with Crippen LogP contribution >= 0.6 is 15.9 Å². The number of carbonyl (C=O) groups is 2. The van der Waals surface area contributed by atoms with Gasteiger partial charge in [-0.15, -0.1) is 4.83 Å². The van der Waals surface area contributed by atoms with Crippen molar-refractivity contribution in [3.05, 3.63) is 64.7 Å². The molecular weight excluding hydrogens is 520 g/mol. The standard InChI is InChI=1S/C25H29BrN2O5S/c1-2-3-8-23(25(30)31)28(24(29)17-18-6-4-5-7-18)27-34(32,33)22-15-11-20(12-16-22)19-9-13-21(26)14-10-19/h6,9-16,23,27H,2-5,7-8,17H2,1H3,(H,30,31). The zero-order valence-electron chi connectivity index (χ0n) is 19.0. The van der Waals surface area contributed by atoms with Crippen LogP contribution in [-0.2, 0) is 19.6 Å². The van der Waals surface area contributed by atoms with Gasteiger partial charge in [-0.2, -0.15) is 0 Å². The monoisotopic (exact) mass is 548 g/mol. The summed E-state index contributed by atoms with van der Waals surface area (Å²) in [4.78, 5) is 27.3. The Kier molecular flexibility index (Phi) is 9.04. The number of hydrogen-bond donors (Lipinski definition) is 2. The van der Waals surface area contributed by atoms with E-state index in [0.717, 1.165) is 51.9 Å². The molecular formula is C25H29BrN2O5S. The highest BCUT2D eigenvalue weighted by atomic mass is 79.9. The van der Waals surface area contributed by atoms with E-state index in [0.29, 0.717) is 6.42 Å². The van der Waals surface area contributed by atoms with Gasteiger partial charge in [0.2, 0.25) is 5.91 Å². The van der Waals surface area contributed by atoms with Crippen LogP contribution < -0.4 is 4.83 Å². The molecule has 1 unspecified atom stereocenters. The summed E-state index contributed by atoms with van der Waals surface area (Å²) in [5.74, 6) is -1.80. The molecule has 1 aliphatic carbocycles. The molecule has 3 rings (SSSR count). The molecule has 1 amide bonds. The van der Waals surface area contributed by atoms with Crippen molar-refractivity contribution in [2.24, 2.45) is 0 Å². The summed E-state index contributed by atoms with van der Waals surface area (Å²) in [5, 5.41) is 10.6. The average Bonchev–Trinajstić information content (AvgIpc) is 3.32. The van der Waals surface area contributed by atoms with Gasteiger partial charge in [-0.1, -0.05) is 71.6 Å². The van der Waals surface area contributed by atoms with E-state index in [1.165, 1.54) is 12.1 Å². The maximum Gasteiger partial charge on any atom is 0.328 e. The molecule has 0 aromatic heterocycles. The van der Waals surface area contributed by atoms with Crippen LogP contribution in [0.25, 0.3) is 11.1 Å². The van der Waals surface area contributed by atoms with Crippen LogP contribution in [0.2, 0.25) is 0 Å². The van der Waals surface area contributed by atoms with Gasteiger partial charge in [0.05, 0.1) is 4.90 Å². The Morgan fingerprint density at radius 2 is 1.71 bits per heavy atom. The Bertz CT molecular complexity index is 1140. The molecule has 7 nitrogen and oxygen atoms in total. The number of halogens is 1. The normalized spacial score (nSPS) is 14.5. The highest BCUT2D eigenvalue weighted by Crippen LogP contribution is 2.25. The molecule has 34 heavy (non-hydrogen) atoms. The van der Waals surface area contributed by atoms with E-state index in [1.54, 1.807) is 12.1 Å². The molecule has 2 aromatic carbocycles. The number of aliphatic carboxylic acids is 1. The number of hydrogen-bond acceptors (Lipinski definition) is 4.